The third kappa shape index (κ3) is 1.71. The van der Waals surface area contributed by atoms with E-state index < -0.39 is 0 Å². The highest BCUT2D eigenvalue weighted by Gasteiger charge is 2.37. The number of carbonyl (C=O) groups is 1. The lowest BCUT2D eigenvalue weighted by Gasteiger charge is -2.38. The van der Waals surface area contributed by atoms with Crippen molar-refractivity contribution in [3.63, 3.8) is 0 Å². The third-order valence-corrected chi connectivity index (χ3v) is 3.49. The molecule has 4 heteroatoms. The van der Waals surface area contributed by atoms with Gasteiger partial charge in [0.1, 0.15) is 0 Å². The molecule has 14 heavy (non-hydrogen) atoms. The fourth-order valence-corrected chi connectivity index (χ4v) is 2.54. The van der Waals surface area contributed by atoms with Crippen LogP contribution >= 0.6 is 0 Å². The highest BCUT2D eigenvalue weighted by atomic mass is 16.5. The monoisotopic (exact) mass is 198 g/mol. The van der Waals surface area contributed by atoms with Crippen LogP contribution in [0.3, 0.4) is 0 Å². The molecule has 0 aliphatic carbocycles. The Balaban J connectivity index is 1.88. The minimum atomic E-state index is -0.183. The maximum atomic E-state index is 11.3. The van der Waals surface area contributed by atoms with E-state index in [1.807, 2.05) is 0 Å². The molecule has 0 saturated carbocycles. The minimum absolute atomic E-state index is 0.183. The topological polar surface area (TPSA) is 41.6 Å². The van der Waals surface area contributed by atoms with Crippen molar-refractivity contribution >= 4 is 6.09 Å². The van der Waals surface area contributed by atoms with Crippen molar-refractivity contribution in [2.45, 2.75) is 31.2 Å². The number of carbonyl (C=O) groups excluding carboxylic acids is 1. The van der Waals surface area contributed by atoms with Crippen LogP contribution in [0.5, 0.6) is 0 Å². The molecular formula is C10H18N2O2. The van der Waals surface area contributed by atoms with Crippen LogP contribution in [0.1, 0.15) is 25.7 Å². The van der Waals surface area contributed by atoms with E-state index in [9.17, 15) is 4.79 Å². The Bertz CT molecular complexity index is 214. The Morgan fingerprint density at radius 1 is 1.36 bits per heavy atom. The van der Waals surface area contributed by atoms with Crippen molar-refractivity contribution in [3.05, 3.63) is 0 Å². The van der Waals surface area contributed by atoms with Gasteiger partial charge in [0.05, 0.1) is 7.11 Å². The normalized spacial score (nSPS) is 25.4. The number of hydrogen-bond donors (Lipinski definition) is 1. The van der Waals surface area contributed by atoms with Gasteiger partial charge in [0.25, 0.3) is 0 Å². The van der Waals surface area contributed by atoms with Crippen LogP contribution in [0.2, 0.25) is 0 Å². The summed E-state index contributed by atoms with van der Waals surface area (Å²) in [5, 5.41) is 3.57. The number of nitrogens with one attached hydrogen (secondary N) is 1. The van der Waals surface area contributed by atoms with Gasteiger partial charge in [-0.3, -0.25) is 0 Å². The summed E-state index contributed by atoms with van der Waals surface area (Å²) in [4.78, 5) is 13.1. The molecular weight excluding hydrogens is 180 g/mol. The number of nitrogens with zero attached hydrogens (tertiary/aromatic N) is 1. The third-order valence-electron chi connectivity index (χ3n) is 3.49. The summed E-state index contributed by atoms with van der Waals surface area (Å²) in [5.41, 5.74) is 0.338. The molecule has 0 atom stereocenters. The van der Waals surface area contributed by atoms with Crippen LogP contribution in [0.4, 0.5) is 4.79 Å². The number of amides is 1. The summed E-state index contributed by atoms with van der Waals surface area (Å²) in [7, 11) is 1.44. The number of hydrogen-bond acceptors (Lipinski definition) is 3. The number of methoxy groups -OCH3 is 1. The van der Waals surface area contributed by atoms with Crippen LogP contribution in [0.15, 0.2) is 0 Å². The molecule has 0 radical (unpaired) electrons. The SMILES string of the molecule is COC(=O)N1CCC2(CCCN2)CC1. The zero-order chi connectivity index (χ0) is 10.0. The van der Waals surface area contributed by atoms with Crippen molar-refractivity contribution < 1.29 is 9.53 Å². The quantitative estimate of drug-likeness (QED) is 0.630. The molecule has 0 aromatic heterocycles. The lowest BCUT2D eigenvalue weighted by atomic mass is 9.86. The maximum Gasteiger partial charge on any atom is 0.409 e. The minimum Gasteiger partial charge on any atom is -0.453 e. The van der Waals surface area contributed by atoms with E-state index in [1.165, 1.54) is 20.0 Å². The molecule has 0 bridgehead atoms. The molecule has 0 aromatic rings. The summed E-state index contributed by atoms with van der Waals surface area (Å²) in [6.07, 6.45) is 4.50. The predicted octanol–water partition coefficient (Wildman–Crippen LogP) is 0.971. The van der Waals surface area contributed by atoms with Crippen molar-refractivity contribution in [2.75, 3.05) is 26.7 Å². The number of piperidine rings is 1. The van der Waals surface area contributed by atoms with Gasteiger partial charge < -0.3 is 15.0 Å². The summed E-state index contributed by atoms with van der Waals surface area (Å²) in [6, 6.07) is 0. The number of likely N-dealkylation sites (tertiary alicyclic amines) is 1. The van der Waals surface area contributed by atoms with Gasteiger partial charge >= 0.3 is 6.09 Å². The molecule has 2 aliphatic heterocycles. The Hall–Kier alpha value is -0.770. The van der Waals surface area contributed by atoms with E-state index in [2.05, 4.69) is 5.32 Å². The number of rotatable bonds is 0. The average Bonchev–Trinajstić information content (AvgIpc) is 2.67. The fourth-order valence-electron chi connectivity index (χ4n) is 2.54. The molecule has 4 nitrogen and oxygen atoms in total. The van der Waals surface area contributed by atoms with Gasteiger partial charge in [0, 0.05) is 18.6 Å². The van der Waals surface area contributed by atoms with Crippen molar-refractivity contribution in [1.29, 1.82) is 0 Å². The summed E-state index contributed by atoms with van der Waals surface area (Å²) >= 11 is 0. The van der Waals surface area contributed by atoms with Gasteiger partial charge in [0.15, 0.2) is 0 Å². The van der Waals surface area contributed by atoms with Gasteiger partial charge in [-0.05, 0) is 32.2 Å². The molecule has 2 heterocycles. The van der Waals surface area contributed by atoms with E-state index in [-0.39, 0.29) is 6.09 Å². The van der Waals surface area contributed by atoms with Gasteiger partial charge in [-0.25, -0.2) is 4.79 Å². The molecule has 0 aromatic carbocycles. The van der Waals surface area contributed by atoms with Crippen LogP contribution in [-0.2, 0) is 4.74 Å². The summed E-state index contributed by atoms with van der Waals surface area (Å²) in [6.45, 7) is 2.80. The Morgan fingerprint density at radius 3 is 2.57 bits per heavy atom. The lowest BCUT2D eigenvalue weighted by Crippen LogP contribution is -2.51. The second-order valence-corrected chi connectivity index (χ2v) is 4.27. The zero-order valence-corrected chi connectivity index (χ0v) is 8.71. The largest absolute Gasteiger partial charge is 0.453 e. The second-order valence-electron chi connectivity index (χ2n) is 4.27. The Morgan fingerprint density at radius 2 is 2.07 bits per heavy atom. The smallest absolute Gasteiger partial charge is 0.409 e. The standard InChI is InChI=1S/C10H18N2O2/c1-14-9(13)12-7-4-10(5-8-12)3-2-6-11-10/h11H,2-8H2,1H3. The molecule has 80 valence electrons. The van der Waals surface area contributed by atoms with E-state index in [4.69, 9.17) is 4.74 Å². The van der Waals surface area contributed by atoms with Gasteiger partial charge in [-0.1, -0.05) is 0 Å². The molecule has 2 aliphatic rings. The summed E-state index contributed by atoms with van der Waals surface area (Å²) < 4.78 is 4.71. The zero-order valence-electron chi connectivity index (χ0n) is 8.71. The highest BCUT2D eigenvalue weighted by Crippen LogP contribution is 2.30. The first-order valence-corrected chi connectivity index (χ1v) is 5.34. The van der Waals surface area contributed by atoms with Gasteiger partial charge in [0.2, 0.25) is 0 Å². The molecule has 1 spiro atoms. The van der Waals surface area contributed by atoms with E-state index >= 15 is 0 Å². The van der Waals surface area contributed by atoms with Gasteiger partial charge in [-0.2, -0.15) is 0 Å². The first-order chi connectivity index (χ1) is 6.76. The van der Waals surface area contributed by atoms with Crippen molar-refractivity contribution in [1.82, 2.24) is 10.2 Å². The first-order valence-electron chi connectivity index (χ1n) is 5.34. The van der Waals surface area contributed by atoms with Gasteiger partial charge in [-0.15, -0.1) is 0 Å². The average molecular weight is 198 g/mol. The number of ether oxygens (including phenoxy) is 1. The van der Waals surface area contributed by atoms with E-state index in [1.54, 1.807) is 4.90 Å². The summed E-state index contributed by atoms with van der Waals surface area (Å²) in [5.74, 6) is 0. The second kappa shape index (κ2) is 3.77. The van der Waals surface area contributed by atoms with Crippen molar-refractivity contribution in [2.24, 2.45) is 0 Å². The predicted molar refractivity (Wildman–Crippen MR) is 53.2 cm³/mol. The Kier molecular flexibility index (Phi) is 2.63. The molecule has 2 saturated heterocycles. The molecule has 1 amide bonds. The fraction of sp³-hybridized carbons (Fsp3) is 0.900. The first kappa shape index (κ1) is 9.77. The van der Waals surface area contributed by atoms with Crippen LogP contribution < -0.4 is 5.32 Å². The van der Waals surface area contributed by atoms with Crippen LogP contribution in [-0.4, -0.2) is 43.3 Å². The molecule has 2 fully saturated rings. The molecule has 2 rings (SSSR count). The Labute approximate surface area is 84.6 Å². The van der Waals surface area contributed by atoms with E-state index in [0.29, 0.717) is 5.54 Å². The highest BCUT2D eigenvalue weighted by molar-refractivity contribution is 5.67. The lowest BCUT2D eigenvalue weighted by molar-refractivity contribution is 0.0964. The van der Waals surface area contributed by atoms with Crippen molar-refractivity contribution in [3.8, 4) is 0 Å². The van der Waals surface area contributed by atoms with Crippen LogP contribution in [0, 0.1) is 0 Å². The molecule has 0 unspecified atom stereocenters. The maximum absolute atomic E-state index is 11.3. The molecule has 1 N–H and O–H groups in total. The van der Waals surface area contributed by atoms with E-state index in [0.717, 1.165) is 32.5 Å². The van der Waals surface area contributed by atoms with Crippen LogP contribution in [0.25, 0.3) is 0 Å².